The Morgan fingerprint density at radius 2 is 2.10 bits per heavy atom. The highest BCUT2D eigenvalue weighted by atomic mass is 16.6. The third kappa shape index (κ3) is 3.83. The van der Waals surface area contributed by atoms with Crippen molar-refractivity contribution < 1.29 is 24.1 Å². The van der Waals surface area contributed by atoms with Crippen LogP contribution < -0.4 is 4.74 Å². The van der Waals surface area contributed by atoms with Crippen LogP contribution >= 0.6 is 0 Å². The summed E-state index contributed by atoms with van der Waals surface area (Å²) in [7, 11) is 2.62. The van der Waals surface area contributed by atoms with Gasteiger partial charge in [-0.25, -0.2) is 4.79 Å². The third-order valence-electron chi connectivity index (χ3n) is 2.54. The Hall–Kier alpha value is -2.34. The van der Waals surface area contributed by atoms with E-state index in [0.29, 0.717) is 11.3 Å². The standard InChI is InChI=1S/C14H17NO5/c1-9-4-5-10(11(16)7-15)6-12(9)20-13(8-18-2)14(17)19-3/h4-8,11,15-16H,1-3H3/b13-8+,15-7?. The van der Waals surface area contributed by atoms with Crippen molar-refractivity contribution in [2.75, 3.05) is 14.2 Å². The molecule has 2 N–H and O–H groups in total. The lowest BCUT2D eigenvalue weighted by atomic mass is 10.1. The zero-order valence-electron chi connectivity index (χ0n) is 11.5. The van der Waals surface area contributed by atoms with Gasteiger partial charge in [-0.15, -0.1) is 0 Å². The van der Waals surface area contributed by atoms with Crippen molar-refractivity contribution in [3.63, 3.8) is 0 Å². The Morgan fingerprint density at radius 3 is 2.65 bits per heavy atom. The molecule has 20 heavy (non-hydrogen) atoms. The number of carbonyl (C=O) groups excluding carboxylic acids is 1. The Morgan fingerprint density at radius 1 is 1.40 bits per heavy atom. The minimum Gasteiger partial charge on any atom is -0.500 e. The van der Waals surface area contributed by atoms with Crippen molar-refractivity contribution in [1.82, 2.24) is 0 Å². The van der Waals surface area contributed by atoms with Gasteiger partial charge in [-0.3, -0.25) is 0 Å². The van der Waals surface area contributed by atoms with Crippen molar-refractivity contribution >= 4 is 12.2 Å². The third-order valence-corrected chi connectivity index (χ3v) is 2.54. The monoisotopic (exact) mass is 279 g/mol. The van der Waals surface area contributed by atoms with Crippen LogP contribution in [-0.2, 0) is 14.3 Å². The van der Waals surface area contributed by atoms with Gasteiger partial charge in [0.1, 0.15) is 18.1 Å². The maximum Gasteiger partial charge on any atom is 0.377 e. The normalized spacial score (nSPS) is 12.5. The molecule has 0 fully saturated rings. The fraction of sp³-hybridized carbons (Fsp3) is 0.286. The van der Waals surface area contributed by atoms with Gasteiger partial charge in [0.25, 0.3) is 0 Å². The summed E-state index contributed by atoms with van der Waals surface area (Å²) < 4.78 is 14.8. The first-order valence-electron chi connectivity index (χ1n) is 5.81. The summed E-state index contributed by atoms with van der Waals surface area (Å²) in [6.07, 6.45) is 1.01. The SMILES string of the molecule is CO/C=C(/Oc1cc(C(O)C=N)ccc1C)C(=O)OC. The number of carbonyl (C=O) groups is 1. The van der Waals surface area contributed by atoms with E-state index in [1.165, 1.54) is 14.2 Å². The van der Waals surface area contributed by atoms with Gasteiger partial charge in [-0.1, -0.05) is 12.1 Å². The van der Waals surface area contributed by atoms with Gasteiger partial charge in [-0.2, -0.15) is 0 Å². The van der Waals surface area contributed by atoms with Crippen LogP contribution in [0, 0.1) is 12.3 Å². The molecule has 6 nitrogen and oxygen atoms in total. The van der Waals surface area contributed by atoms with Crippen molar-refractivity contribution in [2.45, 2.75) is 13.0 Å². The number of nitrogens with one attached hydrogen (secondary N) is 1. The summed E-state index contributed by atoms with van der Waals surface area (Å²) in [5.41, 5.74) is 1.25. The quantitative estimate of drug-likeness (QED) is 0.358. The lowest BCUT2D eigenvalue weighted by molar-refractivity contribution is -0.138. The summed E-state index contributed by atoms with van der Waals surface area (Å²) in [5, 5.41) is 16.7. The molecule has 1 aromatic rings. The minimum atomic E-state index is -1.02. The number of benzene rings is 1. The number of ether oxygens (including phenoxy) is 3. The van der Waals surface area contributed by atoms with Crippen LogP contribution in [0.1, 0.15) is 17.2 Å². The van der Waals surface area contributed by atoms with Crippen LogP contribution in [0.25, 0.3) is 0 Å². The van der Waals surface area contributed by atoms with E-state index in [-0.39, 0.29) is 5.76 Å². The van der Waals surface area contributed by atoms with Gasteiger partial charge < -0.3 is 24.7 Å². The second-order valence-electron chi connectivity index (χ2n) is 3.95. The summed E-state index contributed by atoms with van der Waals surface area (Å²) in [5.74, 6) is -0.416. The van der Waals surface area contributed by atoms with E-state index in [2.05, 4.69) is 4.74 Å². The zero-order chi connectivity index (χ0) is 15.1. The molecule has 0 radical (unpaired) electrons. The fourth-order valence-electron chi connectivity index (χ4n) is 1.45. The van der Waals surface area contributed by atoms with E-state index in [0.717, 1.165) is 18.0 Å². The molecule has 6 heteroatoms. The number of rotatable bonds is 6. The van der Waals surface area contributed by atoms with E-state index < -0.39 is 12.1 Å². The predicted molar refractivity (Wildman–Crippen MR) is 72.7 cm³/mol. The van der Waals surface area contributed by atoms with Crippen molar-refractivity contribution in [3.05, 3.63) is 41.3 Å². The molecule has 0 bridgehead atoms. The smallest absolute Gasteiger partial charge is 0.377 e. The molecular formula is C14H17NO5. The molecule has 1 atom stereocenters. The van der Waals surface area contributed by atoms with E-state index in [1.807, 2.05) is 0 Å². The molecule has 0 aliphatic rings. The first kappa shape index (κ1) is 15.7. The lowest BCUT2D eigenvalue weighted by Crippen LogP contribution is -2.12. The highest BCUT2D eigenvalue weighted by molar-refractivity contribution is 5.86. The highest BCUT2D eigenvalue weighted by Gasteiger charge is 2.15. The second-order valence-corrected chi connectivity index (χ2v) is 3.95. The summed E-state index contributed by atoms with van der Waals surface area (Å²) in [6, 6.07) is 4.95. The number of aliphatic hydroxyl groups is 1. The Balaban J connectivity index is 3.09. The first-order valence-corrected chi connectivity index (χ1v) is 5.81. The molecule has 1 rings (SSSR count). The number of aryl methyl sites for hydroxylation is 1. The van der Waals surface area contributed by atoms with Crippen LogP contribution in [0.4, 0.5) is 0 Å². The molecule has 0 heterocycles. The Bertz CT molecular complexity index is 524. The largest absolute Gasteiger partial charge is 0.500 e. The van der Waals surface area contributed by atoms with E-state index in [4.69, 9.17) is 14.9 Å². The van der Waals surface area contributed by atoms with E-state index in [9.17, 15) is 9.90 Å². The van der Waals surface area contributed by atoms with Crippen LogP contribution in [0.2, 0.25) is 0 Å². The van der Waals surface area contributed by atoms with Crippen molar-refractivity contribution in [2.24, 2.45) is 0 Å². The summed E-state index contributed by atoms with van der Waals surface area (Å²) >= 11 is 0. The molecule has 108 valence electrons. The number of esters is 1. The Labute approximate surface area is 117 Å². The average Bonchev–Trinajstić information content (AvgIpc) is 2.47. The van der Waals surface area contributed by atoms with Gasteiger partial charge in [0.2, 0.25) is 5.76 Å². The van der Waals surface area contributed by atoms with Crippen molar-refractivity contribution in [3.8, 4) is 5.75 Å². The molecule has 0 spiro atoms. The number of methoxy groups -OCH3 is 2. The topological polar surface area (TPSA) is 88.8 Å². The predicted octanol–water partition coefficient (Wildman–Crippen LogP) is 1.72. The van der Waals surface area contributed by atoms with Gasteiger partial charge in [0, 0.05) is 6.21 Å². The maximum absolute atomic E-state index is 11.5. The molecule has 0 saturated heterocycles. The van der Waals surface area contributed by atoms with E-state index >= 15 is 0 Å². The zero-order valence-corrected chi connectivity index (χ0v) is 11.5. The highest BCUT2D eigenvalue weighted by Crippen LogP contribution is 2.25. The number of hydrogen-bond acceptors (Lipinski definition) is 6. The van der Waals surface area contributed by atoms with Crippen LogP contribution in [-0.4, -0.2) is 31.5 Å². The molecule has 1 aromatic carbocycles. The molecule has 0 aliphatic carbocycles. The summed E-state index contributed by atoms with van der Waals surface area (Å²) in [4.78, 5) is 11.5. The molecule has 0 saturated carbocycles. The number of aliphatic hydroxyl groups excluding tert-OH is 1. The maximum atomic E-state index is 11.5. The Kier molecular flexibility index (Phi) is 5.74. The molecular weight excluding hydrogens is 262 g/mol. The first-order chi connectivity index (χ1) is 9.53. The lowest BCUT2D eigenvalue weighted by Gasteiger charge is -2.13. The van der Waals surface area contributed by atoms with Crippen LogP contribution in [0.5, 0.6) is 5.75 Å². The van der Waals surface area contributed by atoms with Gasteiger partial charge >= 0.3 is 5.97 Å². The molecule has 0 aliphatic heterocycles. The second kappa shape index (κ2) is 7.30. The number of hydrogen-bond donors (Lipinski definition) is 2. The molecule has 1 unspecified atom stereocenters. The summed E-state index contributed by atoms with van der Waals surface area (Å²) in [6.45, 7) is 1.79. The van der Waals surface area contributed by atoms with Crippen LogP contribution in [0.3, 0.4) is 0 Å². The van der Waals surface area contributed by atoms with Gasteiger partial charge in [-0.05, 0) is 24.1 Å². The molecule has 0 amide bonds. The van der Waals surface area contributed by atoms with E-state index in [1.54, 1.807) is 25.1 Å². The van der Waals surface area contributed by atoms with Crippen molar-refractivity contribution in [1.29, 1.82) is 5.41 Å². The average molecular weight is 279 g/mol. The minimum absolute atomic E-state index is 0.111. The van der Waals surface area contributed by atoms with Crippen LogP contribution in [0.15, 0.2) is 30.2 Å². The van der Waals surface area contributed by atoms with Gasteiger partial charge in [0.15, 0.2) is 0 Å². The van der Waals surface area contributed by atoms with Gasteiger partial charge in [0.05, 0.1) is 14.2 Å². The molecule has 0 aromatic heterocycles. The fourth-order valence-corrected chi connectivity index (χ4v) is 1.45.